The maximum Gasteiger partial charge on any atom is 0.0907 e. The van der Waals surface area contributed by atoms with Gasteiger partial charge in [-0.2, -0.15) is 0 Å². The highest BCUT2D eigenvalue weighted by Gasteiger charge is 2.07. The summed E-state index contributed by atoms with van der Waals surface area (Å²) in [5.74, 6) is 0. The number of hydrogen-bond acceptors (Lipinski definition) is 1. The van der Waals surface area contributed by atoms with Crippen molar-refractivity contribution in [3.63, 3.8) is 0 Å². The average molecular weight is 282 g/mol. The lowest BCUT2D eigenvalue weighted by Gasteiger charge is -2.09. The summed E-state index contributed by atoms with van der Waals surface area (Å²) in [6.45, 7) is 0. The van der Waals surface area contributed by atoms with Crippen LogP contribution in [-0.2, 0) is 0 Å². The van der Waals surface area contributed by atoms with E-state index in [4.69, 9.17) is 23.2 Å². The van der Waals surface area contributed by atoms with Gasteiger partial charge in [0, 0.05) is 26.5 Å². The number of nitrogens with zero attached hydrogens (tertiary/aromatic N) is 3. The first-order chi connectivity index (χ1) is 8.58. The van der Waals surface area contributed by atoms with E-state index < -0.39 is 0 Å². The molecule has 0 saturated heterocycles. The molecule has 0 N–H and O–H groups in total. The third-order valence-corrected chi connectivity index (χ3v) is 2.93. The van der Waals surface area contributed by atoms with Crippen LogP contribution in [0.4, 0.5) is 5.69 Å². The molecule has 1 heterocycles. The molecular weight excluding hydrogens is 269 g/mol. The van der Waals surface area contributed by atoms with Crippen LogP contribution in [0.1, 0.15) is 0 Å². The number of aliphatic imine (C=N–C) groups is 1. The molecule has 2 rings (SSSR count). The van der Waals surface area contributed by atoms with Crippen molar-refractivity contribution >= 4 is 35.2 Å². The molecule has 3 nitrogen and oxygen atoms in total. The van der Waals surface area contributed by atoms with Crippen LogP contribution >= 0.6 is 23.2 Å². The van der Waals surface area contributed by atoms with Crippen molar-refractivity contribution in [3.05, 3.63) is 46.7 Å². The van der Waals surface area contributed by atoms with E-state index in [9.17, 15) is 0 Å². The zero-order valence-electron chi connectivity index (χ0n) is 10.1. The Kier molecular flexibility index (Phi) is 3.94. The molecule has 0 aliphatic heterocycles. The molecule has 0 aliphatic rings. The Morgan fingerprint density at radius 1 is 1.11 bits per heavy atom. The van der Waals surface area contributed by atoms with Crippen molar-refractivity contribution in [1.82, 2.24) is 9.47 Å². The number of benzene rings is 1. The molecule has 0 unspecified atom stereocenters. The fraction of sp³-hybridized carbons (Fsp3) is 0.154. The van der Waals surface area contributed by atoms with Crippen molar-refractivity contribution in [1.29, 1.82) is 0 Å². The van der Waals surface area contributed by atoms with Crippen molar-refractivity contribution in [2.45, 2.75) is 0 Å². The molecule has 94 valence electrons. The van der Waals surface area contributed by atoms with Gasteiger partial charge in [0.1, 0.15) is 0 Å². The highest BCUT2D eigenvalue weighted by Crippen LogP contribution is 2.33. The van der Waals surface area contributed by atoms with Crippen LogP contribution in [0.15, 0.2) is 41.7 Å². The van der Waals surface area contributed by atoms with Crippen LogP contribution < -0.4 is 0 Å². The van der Waals surface area contributed by atoms with Gasteiger partial charge in [-0.25, -0.2) is 4.99 Å². The van der Waals surface area contributed by atoms with Crippen LogP contribution in [0.3, 0.4) is 0 Å². The first kappa shape index (κ1) is 13.0. The molecule has 5 heteroatoms. The number of halogens is 2. The Bertz CT molecular complexity index is 560. The molecule has 0 atom stereocenters. The van der Waals surface area contributed by atoms with Gasteiger partial charge in [0.05, 0.1) is 27.8 Å². The standard InChI is InChI=1S/C13H13Cl2N3/c1-17(2)9-16-12-7-11(15)13(8-10(12)14)18-5-3-4-6-18/h3-9H,1-2H3. The summed E-state index contributed by atoms with van der Waals surface area (Å²) in [4.78, 5) is 6.10. The van der Waals surface area contributed by atoms with Crippen molar-refractivity contribution < 1.29 is 0 Å². The Balaban J connectivity index is 2.41. The Morgan fingerprint density at radius 2 is 1.78 bits per heavy atom. The minimum atomic E-state index is 0.571. The zero-order valence-corrected chi connectivity index (χ0v) is 11.7. The second-order valence-corrected chi connectivity index (χ2v) is 4.87. The molecule has 2 aromatic rings. The predicted octanol–water partition coefficient (Wildman–Crippen LogP) is 4.01. The minimum Gasteiger partial charge on any atom is -0.369 e. The monoisotopic (exact) mass is 281 g/mol. The van der Waals surface area contributed by atoms with E-state index in [0.717, 1.165) is 5.69 Å². The van der Waals surface area contributed by atoms with E-state index >= 15 is 0 Å². The van der Waals surface area contributed by atoms with Gasteiger partial charge in [0.15, 0.2) is 0 Å². The van der Waals surface area contributed by atoms with Gasteiger partial charge in [-0.05, 0) is 24.3 Å². The van der Waals surface area contributed by atoms with E-state index in [-0.39, 0.29) is 0 Å². The highest BCUT2D eigenvalue weighted by molar-refractivity contribution is 6.36. The minimum absolute atomic E-state index is 0.571. The molecule has 0 amide bonds. The van der Waals surface area contributed by atoms with Crippen LogP contribution in [-0.4, -0.2) is 29.9 Å². The van der Waals surface area contributed by atoms with Crippen molar-refractivity contribution in [3.8, 4) is 5.69 Å². The van der Waals surface area contributed by atoms with Gasteiger partial charge in [-0.15, -0.1) is 0 Å². The maximum atomic E-state index is 6.24. The lowest BCUT2D eigenvalue weighted by atomic mass is 10.2. The largest absolute Gasteiger partial charge is 0.369 e. The Hall–Kier alpha value is -1.45. The molecule has 18 heavy (non-hydrogen) atoms. The Labute approximate surface area is 116 Å². The number of rotatable bonds is 3. The summed E-state index contributed by atoms with van der Waals surface area (Å²) >= 11 is 12.4. The summed E-state index contributed by atoms with van der Waals surface area (Å²) in [5, 5.41) is 1.18. The molecule has 0 fully saturated rings. The van der Waals surface area contributed by atoms with Crippen molar-refractivity contribution in [2.24, 2.45) is 4.99 Å². The van der Waals surface area contributed by atoms with Gasteiger partial charge in [-0.3, -0.25) is 0 Å². The maximum absolute atomic E-state index is 6.24. The fourth-order valence-corrected chi connectivity index (χ4v) is 1.96. The number of hydrogen-bond donors (Lipinski definition) is 0. The van der Waals surface area contributed by atoms with Crippen LogP contribution in [0.2, 0.25) is 10.0 Å². The van der Waals surface area contributed by atoms with E-state index in [1.54, 1.807) is 12.4 Å². The van der Waals surface area contributed by atoms with Gasteiger partial charge >= 0.3 is 0 Å². The predicted molar refractivity (Wildman–Crippen MR) is 77.6 cm³/mol. The first-order valence-electron chi connectivity index (χ1n) is 5.41. The van der Waals surface area contributed by atoms with Crippen molar-refractivity contribution in [2.75, 3.05) is 14.1 Å². The van der Waals surface area contributed by atoms with E-state index in [1.807, 2.05) is 54.2 Å². The first-order valence-corrected chi connectivity index (χ1v) is 6.16. The second-order valence-electron chi connectivity index (χ2n) is 4.05. The number of aromatic nitrogens is 1. The quantitative estimate of drug-likeness (QED) is 0.615. The SMILES string of the molecule is CN(C)C=Nc1cc(Cl)c(-n2cccc2)cc1Cl. The smallest absolute Gasteiger partial charge is 0.0907 e. The summed E-state index contributed by atoms with van der Waals surface area (Å²) in [6.07, 6.45) is 5.52. The van der Waals surface area contributed by atoms with Crippen LogP contribution in [0.25, 0.3) is 5.69 Å². The zero-order chi connectivity index (χ0) is 13.1. The molecule has 0 aliphatic carbocycles. The molecule has 0 bridgehead atoms. The normalized spacial score (nSPS) is 11.1. The van der Waals surface area contributed by atoms with Gasteiger partial charge in [-0.1, -0.05) is 23.2 Å². The van der Waals surface area contributed by atoms with E-state index in [0.29, 0.717) is 15.7 Å². The Morgan fingerprint density at radius 3 is 2.39 bits per heavy atom. The highest BCUT2D eigenvalue weighted by atomic mass is 35.5. The topological polar surface area (TPSA) is 20.5 Å². The molecule has 1 aromatic heterocycles. The van der Waals surface area contributed by atoms with Crippen LogP contribution in [0, 0.1) is 0 Å². The van der Waals surface area contributed by atoms with Gasteiger partial charge in [0.2, 0.25) is 0 Å². The summed E-state index contributed by atoms with van der Waals surface area (Å²) < 4.78 is 1.91. The summed E-state index contributed by atoms with van der Waals surface area (Å²) in [6, 6.07) is 7.44. The summed E-state index contributed by atoms with van der Waals surface area (Å²) in [5.41, 5.74) is 1.50. The van der Waals surface area contributed by atoms with Crippen LogP contribution in [0.5, 0.6) is 0 Å². The molecular formula is C13H13Cl2N3. The van der Waals surface area contributed by atoms with Gasteiger partial charge in [0.25, 0.3) is 0 Å². The van der Waals surface area contributed by atoms with E-state index in [1.165, 1.54) is 0 Å². The lowest BCUT2D eigenvalue weighted by molar-refractivity contribution is 0.643. The average Bonchev–Trinajstić information content (AvgIpc) is 2.83. The summed E-state index contributed by atoms with van der Waals surface area (Å²) in [7, 11) is 3.79. The molecule has 0 radical (unpaired) electrons. The fourth-order valence-electron chi connectivity index (χ4n) is 1.50. The molecule has 1 aromatic carbocycles. The second kappa shape index (κ2) is 5.46. The third-order valence-electron chi connectivity index (χ3n) is 2.33. The molecule has 0 saturated carbocycles. The van der Waals surface area contributed by atoms with E-state index in [2.05, 4.69) is 4.99 Å². The third kappa shape index (κ3) is 2.86. The molecule has 0 spiro atoms. The lowest BCUT2D eigenvalue weighted by Crippen LogP contribution is -2.07. The van der Waals surface area contributed by atoms with Gasteiger partial charge < -0.3 is 9.47 Å².